The molecule has 2 aromatic carbocycles. The van der Waals surface area contributed by atoms with Gasteiger partial charge in [0.25, 0.3) is 0 Å². The van der Waals surface area contributed by atoms with Crippen LogP contribution in [0.4, 0.5) is 10.1 Å². The number of halogens is 2. The number of rotatable bonds is 3. The number of imide groups is 1. The zero-order valence-corrected chi connectivity index (χ0v) is 19.9. The van der Waals surface area contributed by atoms with Gasteiger partial charge < -0.3 is 4.90 Å². The van der Waals surface area contributed by atoms with E-state index in [4.69, 9.17) is 11.6 Å². The van der Waals surface area contributed by atoms with Crippen molar-refractivity contribution in [2.45, 2.75) is 44.6 Å². The van der Waals surface area contributed by atoms with Gasteiger partial charge in [0.1, 0.15) is 11.9 Å². The highest BCUT2D eigenvalue weighted by Crippen LogP contribution is 2.36. The SMILES string of the molecule is Cc1cc(C2CCN(c3cccc4c3n(C)c(=O)n4C3CCC(=O)NC3=O)CC2)c(F)cc1Cl. The van der Waals surface area contributed by atoms with E-state index in [0.29, 0.717) is 35.6 Å². The quantitative estimate of drug-likeness (QED) is 0.574. The number of aryl methyl sites for hydroxylation is 2. The van der Waals surface area contributed by atoms with Gasteiger partial charge >= 0.3 is 5.69 Å². The van der Waals surface area contributed by atoms with E-state index in [2.05, 4.69) is 10.2 Å². The van der Waals surface area contributed by atoms with Crippen molar-refractivity contribution in [3.8, 4) is 0 Å². The number of anilines is 1. The molecule has 1 aromatic heterocycles. The molecule has 178 valence electrons. The Hall–Kier alpha value is -3.13. The van der Waals surface area contributed by atoms with Crippen molar-refractivity contribution in [3.63, 3.8) is 0 Å². The van der Waals surface area contributed by atoms with E-state index in [9.17, 15) is 18.8 Å². The van der Waals surface area contributed by atoms with Crippen molar-refractivity contribution < 1.29 is 14.0 Å². The van der Waals surface area contributed by atoms with Crippen LogP contribution in [0.5, 0.6) is 0 Å². The van der Waals surface area contributed by atoms with Crippen LogP contribution < -0.4 is 15.9 Å². The molecule has 0 spiro atoms. The smallest absolute Gasteiger partial charge is 0.329 e. The molecule has 1 unspecified atom stereocenters. The van der Waals surface area contributed by atoms with Gasteiger partial charge in [-0.1, -0.05) is 23.7 Å². The van der Waals surface area contributed by atoms with Crippen LogP contribution in [-0.4, -0.2) is 34.0 Å². The van der Waals surface area contributed by atoms with Crippen molar-refractivity contribution in [1.82, 2.24) is 14.5 Å². The van der Waals surface area contributed by atoms with Crippen LogP contribution in [0, 0.1) is 12.7 Å². The van der Waals surface area contributed by atoms with Crippen molar-refractivity contribution in [3.05, 3.63) is 62.8 Å². The number of imidazole rings is 1. The third-order valence-electron chi connectivity index (χ3n) is 7.16. The van der Waals surface area contributed by atoms with E-state index in [0.717, 1.165) is 29.6 Å². The number of para-hydroxylation sites is 1. The molecule has 0 aliphatic carbocycles. The minimum atomic E-state index is -0.717. The summed E-state index contributed by atoms with van der Waals surface area (Å²) in [5, 5.41) is 2.78. The lowest BCUT2D eigenvalue weighted by atomic mass is 9.88. The van der Waals surface area contributed by atoms with Crippen molar-refractivity contribution >= 4 is 40.1 Å². The minimum absolute atomic E-state index is 0.100. The Bertz CT molecular complexity index is 1370. The molecule has 7 nitrogen and oxygen atoms in total. The van der Waals surface area contributed by atoms with Crippen LogP contribution in [-0.2, 0) is 16.6 Å². The van der Waals surface area contributed by atoms with Gasteiger partial charge in [0.15, 0.2) is 0 Å². The zero-order chi connectivity index (χ0) is 24.1. The maximum atomic E-state index is 14.6. The summed E-state index contributed by atoms with van der Waals surface area (Å²) in [6, 6.07) is 8.22. The Morgan fingerprint density at radius 2 is 1.82 bits per heavy atom. The van der Waals surface area contributed by atoms with Crippen LogP contribution in [0.2, 0.25) is 5.02 Å². The predicted molar refractivity (Wildman–Crippen MR) is 129 cm³/mol. The van der Waals surface area contributed by atoms with Crippen LogP contribution in [0.25, 0.3) is 11.0 Å². The number of benzene rings is 2. The minimum Gasteiger partial charge on any atom is -0.370 e. The van der Waals surface area contributed by atoms with E-state index in [-0.39, 0.29) is 29.8 Å². The van der Waals surface area contributed by atoms with Crippen molar-refractivity contribution in [1.29, 1.82) is 0 Å². The first-order chi connectivity index (χ1) is 16.3. The number of nitrogens with one attached hydrogen (secondary N) is 1. The summed E-state index contributed by atoms with van der Waals surface area (Å²) in [5.41, 5.74) is 3.62. The number of fused-ring (bicyclic) bond motifs is 1. The molecular formula is C25H26ClFN4O3. The third kappa shape index (κ3) is 3.70. The molecule has 0 radical (unpaired) electrons. The Morgan fingerprint density at radius 1 is 1.09 bits per heavy atom. The average Bonchev–Trinajstić information content (AvgIpc) is 3.07. The number of amides is 2. The molecule has 34 heavy (non-hydrogen) atoms. The number of piperidine rings is 2. The lowest BCUT2D eigenvalue weighted by molar-refractivity contribution is -0.135. The van der Waals surface area contributed by atoms with E-state index in [1.54, 1.807) is 11.6 Å². The number of hydrogen-bond acceptors (Lipinski definition) is 4. The van der Waals surface area contributed by atoms with Gasteiger partial charge in [-0.25, -0.2) is 9.18 Å². The second-order valence-corrected chi connectivity index (χ2v) is 9.61. The highest BCUT2D eigenvalue weighted by molar-refractivity contribution is 6.31. The Labute approximate surface area is 201 Å². The fourth-order valence-corrected chi connectivity index (χ4v) is 5.48. The van der Waals surface area contributed by atoms with Gasteiger partial charge in [0, 0.05) is 31.6 Å². The van der Waals surface area contributed by atoms with E-state index < -0.39 is 11.9 Å². The molecular weight excluding hydrogens is 459 g/mol. The number of carbonyl (C=O) groups is 2. The van der Waals surface area contributed by atoms with Gasteiger partial charge in [-0.2, -0.15) is 0 Å². The van der Waals surface area contributed by atoms with E-state index >= 15 is 0 Å². The standard InChI is InChI=1S/C25H26ClFN4O3/c1-14-12-16(18(27)13-17(14)26)15-8-10-30(11-9-15)19-4-3-5-20-23(19)29(2)25(34)31(20)21-6-7-22(32)28-24(21)33/h3-5,12-13,15,21H,6-11H2,1-2H3,(H,28,32,33). The van der Waals surface area contributed by atoms with Gasteiger partial charge in [0.05, 0.1) is 16.7 Å². The fourth-order valence-electron chi connectivity index (χ4n) is 5.33. The largest absolute Gasteiger partial charge is 0.370 e. The number of aromatic nitrogens is 2. The molecule has 1 atom stereocenters. The monoisotopic (exact) mass is 484 g/mol. The predicted octanol–water partition coefficient (Wildman–Crippen LogP) is 3.80. The lowest BCUT2D eigenvalue weighted by Crippen LogP contribution is -2.44. The van der Waals surface area contributed by atoms with Crippen LogP contribution in [0.15, 0.2) is 35.1 Å². The first-order valence-corrected chi connectivity index (χ1v) is 11.9. The first-order valence-electron chi connectivity index (χ1n) is 11.5. The second kappa shape index (κ2) is 8.58. The second-order valence-electron chi connectivity index (χ2n) is 9.21. The third-order valence-corrected chi connectivity index (χ3v) is 7.56. The molecule has 9 heteroatoms. The van der Waals surface area contributed by atoms with E-state index in [1.807, 2.05) is 31.2 Å². The zero-order valence-electron chi connectivity index (χ0n) is 19.1. The summed E-state index contributed by atoms with van der Waals surface area (Å²) in [4.78, 5) is 39.5. The maximum Gasteiger partial charge on any atom is 0.329 e. The molecule has 0 bridgehead atoms. The molecule has 2 fully saturated rings. The van der Waals surface area contributed by atoms with Gasteiger partial charge in [0.2, 0.25) is 11.8 Å². The molecule has 2 saturated heterocycles. The fraction of sp³-hybridized carbons (Fsp3) is 0.400. The average molecular weight is 485 g/mol. The molecule has 3 heterocycles. The Kier molecular flexibility index (Phi) is 5.72. The lowest BCUT2D eigenvalue weighted by Gasteiger charge is -2.34. The molecule has 2 aliphatic rings. The summed E-state index contributed by atoms with van der Waals surface area (Å²) < 4.78 is 17.7. The van der Waals surface area contributed by atoms with Gasteiger partial charge in [-0.3, -0.25) is 24.0 Å². The maximum absolute atomic E-state index is 14.6. The topological polar surface area (TPSA) is 76.3 Å². The number of carbonyl (C=O) groups excluding carboxylic acids is 2. The molecule has 3 aromatic rings. The van der Waals surface area contributed by atoms with Crippen LogP contribution >= 0.6 is 11.6 Å². The summed E-state index contributed by atoms with van der Waals surface area (Å²) in [7, 11) is 1.70. The normalized spacial score (nSPS) is 19.6. The van der Waals surface area contributed by atoms with Gasteiger partial charge in [-0.15, -0.1) is 0 Å². The first kappa shape index (κ1) is 22.7. The van der Waals surface area contributed by atoms with Crippen molar-refractivity contribution in [2.24, 2.45) is 7.05 Å². The molecule has 1 N–H and O–H groups in total. The number of hydrogen-bond donors (Lipinski definition) is 1. The molecule has 2 amide bonds. The summed E-state index contributed by atoms with van der Waals surface area (Å²) >= 11 is 6.07. The highest BCUT2D eigenvalue weighted by Gasteiger charge is 2.32. The molecule has 2 aliphatic heterocycles. The summed E-state index contributed by atoms with van der Waals surface area (Å²) in [5.74, 6) is -0.925. The number of nitrogens with zero attached hydrogens (tertiary/aromatic N) is 3. The molecule has 5 rings (SSSR count). The van der Waals surface area contributed by atoms with Crippen molar-refractivity contribution in [2.75, 3.05) is 18.0 Å². The summed E-state index contributed by atoms with van der Waals surface area (Å²) in [6.45, 7) is 3.31. The molecule has 0 saturated carbocycles. The Morgan fingerprint density at radius 3 is 2.53 bits per heavy atom. The van der Waals surface area contributed by atoms with Gasteiger partial charge in [-0.05, 0) is 61.4 Å². The van der Waals surface area contributed by atoms with E-state index in [1.165, 1.54) is 10.6 Å². The Balaban J connectivity index is 1.46. The van der Waals surface area contributed by atoms with Crippen LogP contribution in [0.3, 0.4) is 0 Å². The highest BCUT2D eigenvalue weighted by atomic mass is 35.5. The summed E-state index contributed by atoms with van der Waals surface area (Å²) in [6.07, 6.45) is 2.05. The van der Waals surface area contributed by atoms with Crippen LogP contribution in [0.1, 0.15) is 48.8 Å².